The Labute approximate surface area is 160 Å². The van der Waals surface area contributed by atoms with Crippen molar-refractivity contribution in [3.8, 4) is 5.69 Å². The van der Waals surface area contributed by atoms with Gasteiger partial charge in [0.25, 0.3) is 0 Å². The number of nitrogens with zero attached hydrogens (tertiary/aromatic N) is 1. The van der Waals surface area contributed by atoms with Crippen molar-refractivity contribution in [2.45, 2.75) is 39.0 Å². The second kappa shape index (κ2) is 8.70. The van der Waals surface area contributed by atoms with Crippen LogP contribution in [0.5, 0.6) is 0 Å². The molecule has 1 N–H and O–H groups in total. The minimum atomic E-state index is -0.215. The lowest BCUT2D eigenvalue weighted by Crippen LogP contribution is -2.13. The second-order valence-electron chi connectivity index (χ2n) is 6.47. The van der Waals surface area contributed by atoms with Crippen LogP contribution in [0.15, 0.2) is 48.7 Å². The van der Waals surface area contributed by atoms with Gasteiger partial charge in [-0.15, -0.1) is 0 Å². The van der Waals surface area contributed by atoms with Gasteiger partial charge >= 0.3 is 0 Å². The van der Waals surface area contributed by atoms with Gasteiger partial charge in [-0.05, 0) is 86.3 Å². The van der Waals surface area contributed by atoms with E-state index in [-0.39, 0.29) is 5.82 Å². The molecule has 1 aliphatic heterocycles. The molecule has 0 bridgehead atoms. The Hall–Kier alpha value is -1.84. The summed E-state index contributed by atoms with van der Waals surface area (Å²) in [5.41, 5.74) is 3.44. The summed E-state index contributed by atoms with van der Waals surface area (Å²) < 4.78 is 15.4. The zero-order valence-corrected chi connectivity index (χ0v) is 16.2. The zero-order valence-electron chi connectivity index (χ0n) is 15.4. The number of nitrogens with one attached hydrogen (secondary N) is 1. The normalized spacial score (nSPS) is 17.5. The molecule has 0 radical (unpaired) electrons. The maximum atomic E-state index is 13.3. The fraction of sp³-hybridized carbons (Fsp3) is 0.364. The maximum absolute atomic E-state index is 13.3. The number of halogens is 2. The monoisotopic (exact) mass is 372 g/mol. The quantitative estimate of drug-likeness (QED) is 0.558. The van der Waals surface area contributed by atoms with E-state index in [2.05, 4.69) is 28.2 Å². The Balaban J connectivity index is 0.000000948. The van der Waals surface area contributed by atoms with E-state index in [0.717, 1.165) is 35.7 Å². The lowest BCUT2D eigenvalue weighted by atomic mass is 9.92. The Morgan fingerprint density at radius 3 is 2.58 bits per heavy atom. The average molecular weight is 373 g/mol. The molecular weight excluding hydrogens is 347 g/mol. The summed E-state index contributed by atoms with van der Waals surface area (Å²) in [6.07, 6.45) is 5.72. The van der Waals surface area contributed by atoms with Gasteiger partial charge < -0.3 is 9.88 Å². The molecule has 1 aromatic heterocycles. The molecule has 138 valence electrons. The molecule has 1 saturated heterocycles. The highest BCUT2D eigenvalue weighted by Crippen LogP contribution is 2.36. The number of hydrogen-bond donors (Lipinski definition) is 1. The molecule has 1 atom stereocenters. The van der Waals surface area contributed by atoms with Gasteiger partial charge in [-0.3, -0.25) is 0 Å². The molecule has 0 amide bonds. The molecule has 1 aliphatic rings. The molecule has 4 heteroatoms. The Morgan fingerprint density at radius 2 is 1.81 bits per heavy atom. The van der Waals surface area contributed by atoms with Crippen LogP contribution in [-0.4, -0.2) is 17.7 Å². The van der Waals surface area contributed by atoms with Crippen molar-refractivity contribution in [2.24, 2.45) is 0 Å². The van der Waals surface area contributed by atoms with Crippen LogP contribution in [0.3, 0.4) is 0 Å². The highest BCUT2D eigenvalue weighted by atomic mass is 35.5. The first-order chi connectivity index (χ1) is 12.7. The lowest BCUT2D eigenvalue weighted by Gasteiger charge is -2.12. The topological polar surface area (TPSA) is 17.0 Å². The van der Waals surface area contributed by atoms with E-state index >= 15 is 0 Å². The van der Waals surface area contributed by atoms with Gasteiger partial charge in [-0.2, -0.15) is 0 Å². The molecule has 4 rings (SSSR count). The molecule has 26 heavy (non-hydrogen) atoms. The SMILES string of the molecule is CC.Fc1ccc(-n2cc(C3CCCNCC3)c3cc(Cl)ccc32)cc1. The van der Waals surface area contributed by atoms with E-state index in [1.165, 1.54) is 35.9 Å². The van der Waals surface area contributed by atoms with Crippen molar-refractivity contribution in [1.29, 1.82) is 0 Å². The molecular formula is C22H26ClFN2. The van der Waals surface area contributed by atoms with E-state index < -0.39 is 0 Å². The Morgan fingerprint density at radius 1 is 1.04 bits per heavy atom. The fourth-order valence-corrected chi connectivity index (χ4v) is 3.87. The van der Waals surface area contributed by atoms with Gasteiger partial charge in [0.15, 0.2) is 0 Å². The third-order valence-corrected chi connectivity index (χ3v) is 5.15. The van der Waals surface area contributed by atoms with Crippen LogP contribution in [0.4, 0.5) is 4.39 Å². The molecule has 1 unspecified atom stereocenters. The molecule has 0 spiro atoms. The minimum Gasteiger partial charge on any atom is -0.317 e. The molecule has 0 aliphatic carbocycles. The third-order valence-electron chi connectivity index (χ3n) is 4.92. The molecule has 2 heterocycles. The van der Waals surface area contributed by atoms with Crippen LogP contribution in [-0.2, 0) is 0 Å². The first-order valence-corrected chi connectivity index (χ1v) is 9.87. The zero-order chi connectivity index (χ0) is 18.5. The second-order valence-corrected chi connectivity index (χ2v) is 6.91. The van der Waals surface area contributed by atoms with Gasteiger partial charge in [0.1, 0.15) is 5.82 Å². The van der Waals surface area contributed by atoms with Crippen molar-refractivity contribution in [3.63, 3.8) is 0 Å². The van der Waals surface area contributed by atoms with Gasteiger partial charge in [-0.1, -0.05) is 25.4 Å². The summed E-state index contributed by atoms with van der Waals surface area (Å²) in [5, 5.41) is 5.44. The first-order valence-electron chi connectivity index (χ1n) is 9.49. The lowest BCUT2D eigenvalue weighted by molar-refractivity contribution is 0.612. The highest BCUT2D eigenvalue weighted by molar-refractivity contribution is 6.31. The van der Waals surface area contributed by atoms with Crippen LogP contribution in [0.2, 0.25) is 5.02 Å². The number of benzene rings is 2. The minimum absolute atomic E-state index is 0.215. The molecule has 1 fully saturated rings. The fourth-order valence-electron chi connectivity index (χ4n) is 3.70. The number of rotatable bonds is 2. The van der Waals surface area contributed by atoms with Crippen LogP contribution in [0, 0.1) is 5.82 Å². The molecule has 2 aromatic carbocycles. The van der Waals surface area contributed by atoms with E-state index in [1.807, 2.05) is 32.0 Å². The highest BCUT2D eigenvalue weighted by Gasteiger charge is 2.20. The van der Waals surface area contributed by atoms with E-state index in [0.29, 0.717) is 5.92 Å². The Kier molecular flexibility index (Phi) is 6.33. The summed E-state index contributed by atoms with van der Waals surface area (Å²) in [4.78, 5) is 0. The summed E-state index contributed by atoms with van der Waals surface area (Å²) >= 11 is 6.27. The summed E-state index contributed by atoms with van der Waals surface area (Å²) in [5.74, 6) is 0.316. The molecule has 0 saturated carbocycles. The van der Waals surface area contributed by atoms with Crippen molar-refractivity contribution in [2.75, 3.05) is 13.1 Å². The maximum Gasteiger partial charge on any atom is 0.123 e. The standard InChI is InChI=1S/C20H20ClFN2.C2H6/c21-15-3-8-20-18(12-15)19(14-2-1-10-23-11-9-14)13-24(20)17-6-4-16(22)5-7-17;1-2/h3-8,12-14,23H,1-2,9-11H2;1-2H3. The summed E-state index contributed by atoms with van der Waals surface area (Å²) in [7, 11) is 0. The largest absolute Gasteiger partial charge is 0.317 e. The van der Waals surface area contributed by atoms with Gasteiger partial charge in [0, 0.05) is 22.3 Å². The van der Waals surface area contributed by atoms with Crippen molar-refractivity contribution in [1.82, 2.24) is 9.88 Å². The smallest absolute Gasteiger partial charge is 0.123 e. The van der Waals surface area contributed by atoms with Gasteiger partial charge in [0.05, 0.1) is 5.52 Å². The Bertz CT molecular complexity index is 846. The third kappa shape index (κ3) is 3.94. The molecule has 2 nitrogen and oxygen atoms in total. The van der Waals surface area contributed by atoms with E-state index in [4.69, 9.17) is 11.6 Å². The molecule has 3 aromatic rings. The van der Waals surface area contributed by atoms with Crippen molar-refractivity contribution in [3.05, 3.63) is 65.1 Å². The first kappa shape index (κ1) is 18.9. The number of aromatic nitrogens is 1. The van der Waals surface area contributed by atoms with Gasteiger partial charge in [-0.25, -0.2) is 4.39 Å². The van der Waals surface area contributed by atoms with Crippen molar-refractivity contribution >= 4 is 22.5 Å². The summed E-state index contributed by atoms with van der Waals surface area (Å²) in [6.45, 7) is 6.14. The van der Waals surface area contributed by atoms with Crippen LogP contribution in [0.1, 0.15) is 44.6 Å². The van der Waals surface area contributed by atoms with Gasteiger partial charge in [0.2, 0.25) is 0 Å². The van der Waals surface area contributed by atoms with Crippen LogP contribution in [0.25, 0.3) is 16.6 Å². The predicted octanol–water partition coefficient (Wildman–Crippen LogP) is 6.31. The average Bonchev–Trinajstić information content (AvgIpc) is 2.84. The predicted molar refractivity (Wildman–Crippen MR) is 109 cm³/mol. The van der Waals surface area contributed by atoms with E-state index in [1.54, 1.807) is 0 Å². The van der Waals surface area contributed by atoms with Crippen LogP contribution >= 0.6 is 11.6 Å². The number of hydrogen-bond acceptors (Lipinski definition) is 1. The van der Waals surface area contributed by atoms with Crippen molar-refractivity contribution < 1.29 is 4.39 Å². The van der Waals surface area contributed by atoms with Crippen LogP contribution < -0.4 is 5.32 Å². The number of fused-ring (bicyclic) bond motifs is 1. The van der Waals surface area contributed by atoms with E-state index in [9.17, 15) is 4.39 Å². The summed E-state index contributed by atoms with van der Waals surface area (Å²) in [6, 6.07) is 12.7.